The molecule has 2 aromatic rings. The molecule has 2 heterocycles. The van der Waals surface area contributed by atoms with Gasteiger partial charge in [0.05, 0.1) is 27.2 Å². The highest BCUT2D eigenvalue weighted by Crippen LogP contribution is 2.42. The Morgan fingerprint density at radius 1 is 1.17 bits per heavy atom. The zero-order valence-electron chi connectivity index (χ0n) is 13.1. The van der Waals surface area contributed by atoms with Gasteiger partial charge in [0, 0.05) is 5.56 Å². The fraction of sp³-hybridized carbons (Fsp3) is 0.333. The monoisotopic (exact) mass is 318 g/mol. The zero-order chi connectivity index (χ0) is 16.6. The van der Waals surface area contributed by atoms with Crippen molar-refractivity contribution in [2.75, 3.05) is 32.4 Å². The van der Waals surface area contributed by atoms with Crippen LogP contribution in [0.15, 0.2) is 12.1 Å². The molecule has 1 unspecified atom stereocenters. The number of hydrogen-bond acceptors (Lipinski definition) is 6. The van der Waals surface area contributed by atoms with E-state index in [1.807, 2.05) is 0 Å². The number of amides is 1. The minimum atomic E-state index is -0.420. The molecule has 0 aliphatic carbocycles. The van der Waals surface area contributed by atoms with Gasteiger partial charge in [0.25, 0.3) is 0 Å². The quantitative estimate of drug-likeness (QED) is 0.783. The van der Waals surface area contributed by atoms with Crippen LogP contribution in [0.5, 0.6) is 17.2 Å². The molecular formula is C15H18N4O4. The van der Waals surface area contributed by atoms with Gasteiger partial charge in [-0.05, 0) is 24.1 Å². The summed E-state index contributed by atoms with van der Waals surface area (Å²) in [6.45, 7) is 0. The molecular weight excluding hydrogens is 300 g/mol. The number of ether oxygens (including phenoxy) is 3. The first-order valence-corrected chi connectivity index (χ1v) is 7.02. The van der Waals surface area contributed by atoms with Gasteiger partial charge in [-0.3, -0.25) is 9.89 Å². The maximum absolute atomic E-state index is 12.4. The maximum Gasteiger partial charge on any atom is 0.233 e. The topological polar surface area (TPSA) is 111 Å². The van der Waals surface area contributed by atoms with E-state index in [2.05, 4.69) is 15.5 Å². The molecule has 0 saturated carbocycles. The van der Waals surface area contributed by atoms with E-state index in [4.69, 9.17) is 19.9 Å². The van der Waals surface area contributed by atoms with Crippen LogP contribution in [0.25, 0.3) is 0 Å². The Labute approximate surface area is 132 Å². The number of nitrogens with one attached hydrogen (secondary N) is 2. The molecule has 0 fully saturated rings. The van der Waals surface area contributed by atoms with Gasteiger partial charge < -0.3 is 25.3 Å². The largest absolute Gasteiger partial charge is 0.493 e. The first kappa shape index (κ1) is 15.0. The minimum Gasteiger partial charge on any atom is -0.493 e. The number of H-pyrrole nitrogens is 1. The summed E-state index contributed by atoms with van der Waals surface area (Å²) < 4.78 is 16.0. The summed E-state index contributed by atoms with van der Waals surface area (Å²) in [5, 5.41) is 9.42. The summed E-state index contributed by atoms with van der Waals surface area (Å²) in [4.78, 5) is 12.4. The van der Waals surface area contributed by atoms with Gasteiger partial charge in [0.15, 0.2) is 17.3 Å². The van der Waals surface area contributed by atoms with E-state index in [1.165, 1.54) is 21.3 Å². The molecule has 0 saturated heterocycles. The molecule has 1 aliphatic rings. The summed E-state index contributed by atoms with van der Waals surface area (Å²) in [5.74, 6) is 1.85. The number of aromatic nitrogens is 2. The number of carbonyl (C=O) groups is 1. The van der Waals surface area contributed by atoms with E-state index >= 15 is 0 Å². The van der Waals surface area contributed by atoms with Crippen LogP contribution >= 0.6 is 0 Å². The van der Waals surface area contributed by atoms with E-state index in [0.29, 0.717) is 35.3 Å². The number of carbonyl (C=O) groups excluding carboxylic acids is 1. The summed E-state index contributed by atoms with van der Waals surface area (Å²) >= 11 is 0. The van der Waals surface area contributed by atoms with E-state index in [1.54, 1.807) is 12.1 Å². The summed E-state index contributed by atoms with van der Waals surface area (Å²) in [6, 6.07) is 3.54. The molecule has 1 aromatic heterocycles. The second kappa shape index (κ2) is 5.71. The van der Waals surface area contributed by atoms with Gasteiger partial charge in [0.1, 0.15) is 5.82 Å². The van der Waals surface area contributed by atoms with Crippen molar-refractivity contribution in [3.8, 4) is 17.2 Å². The molecule has 1 aromatic carbocycles. The minimum absolute atomic E-state index is 0.154. The van der Waals surface area contributed by atoms with Crippen LogP contribution < -0.4 is 25.3 Å². The fourth-order valence-electron chi connectivity index (χ4n) is 2.76. The number of fused-ring (bicyclic) bond motifs is 1. The third kappa shape index (κ3) is 2.41. The van der Waals surface area contributed by atoms with Crippen molar-refractivity contribution >= 4 is 17.5 Å². The molecule has 4 N–H and O–H groups in total. The molecule has 8 nitrogen and oxygen atoms in total. The molecule has 23 heavy (non-hydrogen) atoms. The van der Waals surface area contributed by atoms with Gasteiger partial charge >= 0.3 is 0 Å². The standard InChI is InChI=1S/C15H18N4O4/c1-21-10-4-7(5-11(22-2)12(10)23-3)8-6-9-13(16)18-19-14(9)17-15(8)20/h4-5,8H,6H2,1-3H3,(H4,16,17,18,19,20). The first-order valence-electron chi connectivity index (χ1n) is 7.02. The van der Waals surface area contributed by atoms with Gasteiger partial charge in [-0.15, -0.1) is 0 Å². The fourth-order valence-corrected chi connectivity index (χ4v) is 2.76. The molecule has 1 atom stereocenters. The Morgan fingerprint density at radius 3 is 2.39 bits per heavy atom. The van der Waals surface area contributed by atoms with Gasteiger partial charge in [-0.25, -0.2) is 0 Å². The van der Waals surface area contributed by atoms with Crippen molar-refractivity contribution in [2.45, 2.75) is 12.3 Å². The van der Waals surface area contributed by atoms with Crippen LogP contribution in [-0.2, 0) is 11.2 Å². The van der Waals surface area contributed by atoms with Crippen LogP contribution in [0.4, 0.5) is 11.6 Å². The number of rotatable bonds is 4. The highest BCUT2D eigenvalue weighted by atomic mass is 16.5. The number of hydrogen-bond donors (Lipinski definition) is 3. The second-order valence-corrected chi connectivity index (χ2v) is 5.17. The highest BCUT2D eigenvalue weighted by molar-refractivity contribution is 5.99. The number of nitrogens with zero attached hydrogens (tertiary/aromatic N) is 1. The van der Waals surface area contributed by atoms with E-state index < -0.39 is 5.92 Å². The van der Waals surface area contributed by atoms with Gasteiger partial charge in [0.2, 0.25) is 11.7 Å². The van der Waals surface area contributed by atoms with Crippen molar-refractivity contribution in [3.63, 3.8) is 0 Å². The number of aromatic amines is 1. The molecule has 1 amide bonds. The summed E-state index contributed by atoms with van der Waals surface area (Å²) in [5.41, 5.74) is 7.41. The number of methoxy groups -OCH3 is 3. The second-order valence-electron chi connectivity index (χ2n) is 5.17. The molecule has 3 rings (SSSR count). The molecule has 122 valence electrons. The summed E-state index contributed by atoms with van der Waals surface area (Å²) in [7, 11) is 4.61. The van der Waals surface area contributed by atoms with Crippen LogP contribution in [-0.4, -0.2) is 37.4 Å². The number of nitrogens with two attached hydrogens (primary N) is 1. The third-order valence-electron chi connectivity index (χ3n) is 3.95. The van der Waals surface area contributed by atoms with Crippen LogP contribution in [0.2, 0.25) is 0 Å². The lowest BCUT2D eigenvalue weighted by Gasteiger charge is -2.23. The van der Waals surface area contributed by atoms with Crippen LogP contribution in [0.1, 0.15) is 17.0 Å². The molecule has 0 radical (unpaired) electrons. The molecule has 0 bridgehead atoms. The SMILES string of the molecule is COc1cc(C2Cc3c(n[nH]c3N)NC2=O)cc(OC)c1OC. The zero-order valence-corrected chi connectivity index (χ0v) is 13.1. The van der Waals surface area contributed by atoms with Crippen LogP contribution in [0, 0.1) is 0 Å². The van der Waals surface area contributed by atoms with Crippen molar-refractivity contribution < 1.29 is 19.0 Å². The average molecular weight is 318 g/mol. The van der Waals surface area contributed by atoms with Crippen molar-refractivity contribution in [1.82, 2.24) is 10.2 Å². The lowest BCUT2D eigenvalue weighted by Crippen LogP contribution is -2.28. The predicted octanol–water partition coefficient (Wildman–Crippen LogP) is 1.30. The predicted molar refractivity (Wildman–Crippen MR) is 84.2 cm³/mol. The normalized spacial score (nSPS) is 16.5. The van der Waals surface area contributed by atoms with Gasteiger partial charge in [-0.1, -0.05) is 0 Å². The Morgan fingerprint density at radius 2 is 1.83 bits per heavy atom. The molecule has 1 aliphatic heterocycles. The Balaban J connectivity index is 2.05. The number of nitrogen functional groups attached to an aromatic ring is 1. The van der Waals surface area contributed by atoms with E-state index in [9.17, 15) is 4.79 Å². The molecule has 8 heteroatoms. The average Bonchev–Trinajstić information content (AvgIpc) is 2.92. The molecule has 0 spiro atoms. The van der Waals surface area contributed by atoms with Crippen molar-refractivity contribution in [2.24, 2.45) is 0 Å². The smallest absolute Gasteiger partial charge is 0.233 e. The van der Waals surface area contributed by atoms with Crippen molar-refractivity contribution in [1.29, 1.82) is 0 Å². The summed E-state index contributed by atoms with van der Waals surface area (Å²) in [6.07, 6.45) is 0.447. The van der Waals surface area contributed by atoms with Crippen LogP contribution in [0.3, 0.4) is 0 Å². The Bertz CT molecular complexity index is 731. The third-order valence-corrected chi connectivity index (χ3v) is 3.95. The first-order chi connectivity index (χ1) is 11.1. The lowest BCUT2D eigenvalue weighted by atomic mass is 9.88. The Kier molecular flexibility index (Phi) is 3.73. The number of anilines is 2. The van der Waals surface area contributed by atoms with Gasteiger partial charge in [-0.2, -0.15) is 5.10 Å². The number of benzene rings is 1. The van der Waals surface area contributed by atoms with Crippen molar-refractivity contribution in [3.05, 3.63) is 23.3 Å². The Hall–Kier alpha value is -2.90. The lowest BCUT2D eigenvalue weighted by molar-refractivity contribution is -0.117. The van der Waals surface area contributed by atoms with E-state index in [-0.39, 0.29) is 5.91 Å². The highest BCUT2D eigenvalue weighted by Gasteiger charge is 2.32. The van der Waals surface area contributed by atoms with E-state index in [0.717, 1.165) is 11.1 Å². The maximum atomic E-state index is 12.4.